The van der Waals surface area contributed by atoms with Crippen molar-refractivity contribution in [2.75, 3.05) is 0 Å². The fourth-order valence-corrected chi connectivity index (χ4v) is 3.93. The molecule has 0 aromatic rings. The van der Waals surface area contributed by atoms with Crippen LogP contribution in [0, 0.1) is 6.42 Å². The van der Waals surface area contributed by atoms with Crippen molar-refractivity contribution in [1.29, 1.82) is 0 Å². The molecule has 0 amide bonds. The topological polar surface area (TPSA) is 26.3 Å². The molecule has 83 valence electrons. The molecule has 2 nitrogen and oxygen atoms in total. The van der Waals surface area contributed by atoms with Crippen LogP contribution in [0.25, 0.3) is 0 Å². The lowest BCUT2D eigenvalue weighted by molar-refractivity contribution is -0.131. The van der Waals surface area contributed by atoms with E-state index in [1.165, 1.54) is 0 Å². The summed E-state index contributed by atoms with van der Waals surface area (Å²) in [6.45, 7) is 8.46. The first-order valence-corrected chi connectivity index (χ1v) is 8.23. The first kappa shape index (κ1) is 13.7. The van der Waals surface area contributed by atoms with Gasteiger partial charge in [0.25, 0.3) is 14.3 Å². The van der Waals surface area contributed by atoms with Crippen molar-refractivity contribution in [3.8, 4) is 0 Å². The lowest BCUT2D eigenvalue weighted by Gasteiger charge is -2.27. The monoisotopic (exact) mass is 215 g/mol. The first-order chi connectivity index (χ1) is 6.64. The molecule has 0 spiro atoms. The van der Waals surface area contributed by atoms with E-state index >= 15 is 0 Å². The third-order valence-corrected chi connectivity index (χ3v) is 7.35. The zero-order valence-corrected chi connectivity index (χ0v) is 10.9. The molecule has 0 aromatic carbocycles. The van der Waals surface area contributed by atoms with Crippen LogP contribution in [-0.4, -0.2) is 14.3 Å². The fourth-order valence-electron chi connectivity index (χ4n) is 1.48. The number of unbranched alkanes of at least 4 members (excludes halogenated alkanes) is 1. The van der Waals surface area contributed by atoms with Crippen LogP contribution in [0.1, 0.15) is 40.5 Å². The number of hydrogen-bond acceptors (Lipinski definition) is 2. The third-order valence-electron chi connectivity index (χ3n) is 2.85. The second-order valence-corrected chi connectivity index (χ2v) is 8.35. The molecule has 0 saturated carbocycles. The van der Waals surface area contributed by atoms with Gasteiger partial charge in [0.05, 0.1) is 6.42 Å². The summed E-state index contributed by atoms with van der Waals surface area (Å²) in [5.41, 5.74) is 0. The van der Waals surface area contributed by atoms with Crippen molar-refractivity contribution < 1.29 is 9.22 Å². The van der Waals surface area contributed by atoms with E-state index in [-0.39, 0.29) is 5.97 Å². The van der Waals surface area contributed by atoms with Gasteiger partial charge in [-0.15, -0.1) is 0 Å². The molecule has 0 rings (SSSR count). The maximum absolute atomic E-state index is 11.5. The van der Waals surface area contributed by atoms with Crippen LogP contribution in [0.3, 0.4) is 0 Å². The zero-order valence-electron chi connectivity index (χ0n) is 9.93. The fraction of sp³-hybridized carbons (Fsp3) is 0.818. The van der Waals surface area contributed by atoms with Crippen molar-refractivity contribution >= 4 is 14.3 Å². The van der Waals surface area contributed by atoms with E-state index in [0.29, 0.717) is 0 Å². The van der Waals surface area contributed by atoms with E-state index in [4.69, 9.17) is 4.43 Å². The Hall–Kier alpha value is -0.313. The molecule has 0 aromatic heterocycles. The molecule has 0 aliphatic rings. The molecule has 0 N–H and O–H groups in total. The van der Waals surface area contributed by atoms with Crippen LogP contribution < -0.4 is 0 Å². The molecular weight excluding hydrogens is 192 g/mol. The van der Waals surface area contributed by atoms with Crippen LogP contribution in [0.5, 0.6) is 0 Å². The van der Waals surface area contributed by atoms with Gasteiger partial charge in [0.1, 0.15) is 0 Å². The predicted octanol–water partition coefficient (Wildman–Crippen LogP) is 3.54. The Morgan fingerprint density at radius 3 is 2.00 bits per heavy atom. The van der Waals surface area contributed by atoms with Crippen molar-refractivity contribution in [3.63, 3.8) is 0 Å². The zero-order chi connectivity index (χ0) is 11.0. The largest absolute Gasteiger partial charge is 0.519 e. The van der Waals surface area contributed by atoms with Crippen LogP contribution in [0.2, 0.25) is 18.1 Å². The van der Waals surface area contributed by atoms with Crippen molar-refractivity contribution in [2.24, 2.45) is 0 Å². The summed E-state index contributed by atoms with van der Waals surface area (Å²) in [4.78, 5) is 11.5. The lowest BCUT2D eigenvalue weighted by Crippen LogP contribution is -2.38. The molecule has 0 aliphatic heterocycles. The van der Waals surface area contributed by atoms with Gasteiger partial charge in [-0.25, -0.2) is 0 Å². The van der Waals surface area contributed by atoms with E-state index in [2.05, 4.69) is 27.7 Å². The summed E-state index contributed by atoms with van der Waals surface area (Å²) >= 11 is 0. The average molecular weight is 215 g/mol. The Balaban J connectivity index is 4.08. The molecule has 0 aliphatic carbocycles. The summed E-state index contributed by atoms with van der Waals surface area (Å²) < 4.78 is 5.63. The highest BCUT2D eigenvalue weighted by Gasteiger charge is 2.32. The van der Waals surface area contributed by atoms with E-state index < -0.39 is 8.32 Å². The van der Waals surface area contributed by atoms with E-state index in [0.717, 1.165) is 31.0 Å². The molecule has 3 heteroatoms. The van der Waals surface area contributed by atoms with Gasteiger partial charge in [0.15, 0.2) is 0 Å². The molecule has 14 heavy (non-hydrogen) atoms. The number of rotatable bonds is 7. The van der Waals surface area contributed by atoms with Crippen LogP contribution in [0.15, 0.2) is 0 Å². The minimum absolute atomic E-state index is 0.0935. The summed E-state index contributed by atoms with van der Waals surface area (Å²) in [7, 11) is -1.71. The third kappa shape index (κ3) is 4.27. The molecule has 0 unspecified atom stereocenters. The highest BCUT2D eigenvalue weighted by Crippen LogP contribution is 2.22. The number of carbonyl (C=O) groups is 1. The number of carbonyl (C=O) groups excluding carboxylic acids is 1. The Bertz CT molecular complexity index is 156. The normalized spacial score (nSPS) is 11.4. The van der Waals surface area contributed by atoms with Crippen molar-refractivity contribution in [1.82, 2.24) is 0 Å². The van der Waals surface area contributed by atoms with Crippen molar-refractivity contribution in [3.05, 3.63) is 6.42 Å². The Morgan fingerprint density at radius 1 is 1.14 bits per heavy atom. The SMILES string of the molecule is CCC[CH]C(=O)O[Si](CC)(CC)CC. The summed E-state index contributed by atoms with van der Waals surface area (Å²) in [5.74, 6) is -0.0935. The molecule has 0 saturated heterocycles. The average Bonchev–Trinajstić information content (AvgIpc) is 2.23. The molecular formula is C11H23O2Si. The van der Waals surface area contributed by atoms with Gasteiger partial charge >= 0.3 is 0 Å². The quantitative estimate of drug-likeness (QED) is 0.607. The Kier molecular flexibility index (Phi) is 6.88. The van der Waals surface area contributed by atoms with Gasteiger partial charge in [0, 0.05) is 0 Å². The molecule has 1 radical (unpaired) electrons. The van der Waals surface area contributed by atoms with E-state index in [1.54, 1.807) is 6.42 Å². The molecule has 0 heterocycles. The van der Waals surface area contributed by atoms with Gasteiger partial charge in [-0.05, 0) is 24.6 Å². The van der Waals surface area contributed by atoms with Gasteiger partial charge in [-0.2, -0.15) is 0 Å². The molecule has 0 fully saturated rings. The smallest absolute Gasteiger partial charge is 0.296 e. The number of hydrogen-bond donors (Lipinski definition) is 0. The maximum Gasteiger partial charge on any atom is 0.296 e. The highest BCUT2D eigenvalue weighted by molar-refractivity contribution is 6.75. The lowest BCUT2D eigenvalue weighted by atomic mass is 10.3. The second kappa shape index (κ2) is 7.04. The predicted molar refractivity (Wildman–Crippen MR) is 62.5 cm³/mol. The Morgan fingerprint density at radius 2 is 1.64 bits per heavy atom. The van der Waals surface area contributed by atoms with Gasteiger partial charge in [0.2, 0.25) is 0 Å². The second-order valence-electron chi connectivity index (χ2n) is 3.66. The minimum atomic E-state index is -1.71. The molecule has 0 bridgehead atoms. The van der Waals surface area contributed by atoms with Gasteiger partial charge in [-0.3, -0.25) is 4.79 Å². The van der Waals surface area contributed by atoms with Gasteiger partial charge < -0.3 is 4.43 Å². The van der Waals surface area contributed by atoms with Crippen LogP contribution in [-0.2, 0) is 9.22 Å². The molecule has 0 atom stereocenters. The summed E-state index contributed by atoms with van der Waals surface area (Å²) in [6.07, 6.45) is 3.53. The standard InChI is InChI=1S/C11H23O2Si/c1-5-9-10-11(12)13-14(6-2,7-3)8-4/h10H,5-9H2,1-4H3. The van der Waals surface area contributed by atoms with Crippen molar-refractivity contribution in [2.45, 2.75) is 58.7 Å². The van der Waals surface area contributed by atoms with Crippen LogP contribution in [0.4, 0.5) is 0 Å². The van der Waals surface area contributed by atoms with Gasteiger partial charge in [-0.1, -0.05) is 34.1 Å². The Labute approximate surface area is 89.2 Å². The van der Waals surface area contributed by atoms with Crippen LogP contribution >= 0.6 is 0 Å². The summed E-state index contributed by atoms with van der Waals surface area (Å²) in [6, 6.07) is 3.10. The van der Waals surface area contributed by atoms with E-state index in [9.17, 15) is 4.79 Å². The summed E-state index contributed by atoms with van der Waals surface area (Å²) in [5, 5.41) is 0. The first-order valence-electron chi connectivity index (χ1n) is 5.70. The highest BCUT2D eigenvalue weighted by atomic mass is 28.4. The maximum atomic E-state index is 11.5. The minimum Gasteiger partial charge on any atom is -0.519 e. The van der Waals surface area contributed by atoms with E-state index in [1.807, 2.05) is 0 Å².